The largest absolute Gasteiger partial charge is 0.360 e. The second-order valence-electron chi connectivity index (χ2n) is 6.27. The smallest absolute Gasteiger partial charge is 0.227 e. The first kappa shape index (κ1) is 20.6. The van der Waals surface area contributed by atoms with Crippen LogP contribution in [0.25, 0.3) is 11.3 Å². The van der Waals surface area contributed by atoms with E-state index < -0.39 is 0 Å². The molecule has 0 radical (unpaired) electrons. The minimum atomic E-state index is -0.199. The number of anilines is 1. The number of nitrogens with zero attached hydrogens (tertiary/aromatic N) is 4. The molecular formula is C19H16ClN5O3S2. The molecule has 30 heavy (non-hydrogen) atoms. The molecule has 3 heterocycles. The van der Waals surface area contributed by atoms with Gasteiger partial charge >= 0.3 is 0 Å². The third-order valence-electron chi connectivity index (χ3n) is 3.92. The van der Waals surface area contributed by atoms with E-state index in [1.165, 1.54) is 11.8 Å². The van der Waals surface area contributed by atoms with Crippen molar-refractivity contribution in [3.8, 4) is 11.3 Å². The maximum atomic E-state index is 11.9. The zero-order chi connectivity index (χ0) is 20.9. The number of aromatic nitrogens is 4. The van der Waals surface area contributed by atoms with Gasteiger partial charge in [0.2, 0.25) is 11.8 Å². The van der Waals surface area contributed by atoms with E-state index in [1.807, 2.05) is 29.6 Å². The minimum Gasteiger partial charge on any atom is -0.360 e. The molecule has 0 bridgehead atoms. The van der Waals surface area contributed by atoms with E-state index in [9.17, 15) is 4.79 Å². The van der Waals surface area contributed by atoms with Crippen molar-refractivity contribution >= 4 is 46.4 Å². The van der Waals surface area contributed by atoms with Crippen molar-refractivity contribution in [3.05, 3.63) is 58.2 Å². The first-order valence-electron chi connectivity index (χ1n) is 8.94. The number of carbonyl (C=O) groups excluding carboxylic acids is 1. The van der Waals surface area contributed by atoms with E-state index in [0.717, 1.165) is 15.6 Å². The minimum absolute atomic E-state index is 0.199. The predicted molar refractivity (Wildman–Crippen MR) is 115 cm³/mol. The highest BCUT2D eigenvalue weighted by atomic mass is 35.5. The molecular weight excluding hydrogens is 446 g/mol. The van der Waals surface area contributed by atoms with E-state index in [2.05, 4.69) is 25.6 Å². The van der Waals surface area contributed by atoms with Crippen molar-refractivity contribution < 1.29 is 13.8 Å². The molecule has 1 amide bonds. The zero-order valence-corrected chi connectivity index (χ0v) is 18.2. The van der Waals surface area contributed by atoms with Gasteiger partial charge in [-0.15, -0.1) is 11.3 Å². The van der Waals surface area contributed by atoms with Crippen LogP contribution in [0, 0.1) is 6.92 Å². The van der Waals surface area contributed by atoms with Crippen molar-refractivity contribution in [1.82, 2.24) is 20.3 Å². The van der Waals surface area contributed by atoms with Gasteiger partial charge in [0.25, 0.3) is 0 Å². The summed E-state index contributed by atoms with van der Waals surface area (Å²) in [5.74, 6) is 2.33. The van der Waals surface area contributed by atoms with Crippen LogP contribution in [0.3, 0.4) is 0 Å². The van der Waals surface area contributed by atoms with Crippen LogP contribution in [0.2, 0.25) is 5.02 Å². The fourth-order valence-corrected chi connectivity index (χ4v) is 4.31. The lowest BCUT2D eigenvalue weighted by Gasteiger charge is -1.98. The van der Waals surface area contributed by atoms with Crippen molar-refractivity contribution in [3.63, 3.8) is 0 Å². The Labute approximate surface area is 185 Å². The van der Waals surface area contributed by atoms with E-state index in [4.69, 9.17) is 20.6 Å². The van der Waals surface area contributed by atoms with Crippen LogP contribution >= 0.6 is 34.7 Å². The number of hydrogen-bond acceptors (Lipinski definition) is 9. The molecule has 0 spiro atoms. The van der Waals surface area contributed by atoms with Gasteiger partial charge in [-0.1, -0.05) is 45.8 Å². The number of halogens is 1. The lowest BCUT2D eigenvalue weighted by molar-refractivity contribution is -0.116. The number of hydrogen-bond donors (Lipinski definition) is 1. The quantitative estimate of drug-likeness (QED) is 0.365. The maximum Gasteiger partial charge on any atom is 0.227 e. The van der Waals surface area contributed by atoms with Gasteiger partial charge in [-0.3, -0.25) is 4.79 Å². The molecule has 4 rings (SSSR count). The predicted octanol–water partition coefficient (Wildman–Crippen LogP) is 5.01. The summed E-state index contributed by atoms with van der Waals surface area (Å²) in [5, 5.41) is 13.0. The van der Waals surface area contributed by atoms with Crippen molar-refractivity contribution in [2.24, 2.45) is 0 Å². The van der Waals surface area contributed by atoms with E-state index in [-0.39, 0.29) is 12.3 Å². The Bertz CT molecular complexity index is 1140. The average molecular weight is 462 g/mol. The lowest BCUT2D eigenvalue weighted by atomic mass is 10.2. The van der Waals surface area contributed by atoms with Gasteiger partial charge in [0, 0.05) is 34.9 Å². The van der Waals surface area contributed by atoms with Gasteiger partial charge in [0.1, 0.15) is 5.76 Å². The molecule has 11 heteroatoms. The molecule has 0 fully saturated rings. The number of rotatable bonds is 8. The summed E-state index contributed by atoms with van der Waals surface area (Å²) in [6, 6.07) is 9.22. The molecule has 4 aromatic rings. The maximum absolute atomic E-state index is 11.9. The number of amides is 1. The fourth-order valence-electron chi connectivity index (χ4n) is 2.50. The Balaban J connectivity index is 1.25. The van der Waals surface area contributed by atoms with Crippen molar-refractivity contribution in [1.29, 1.82) is 0 Å². The molecule has 3 aromatic heterocycles. The molecule has 0 saturated carbocycles. The summed E-state index contributed by atoms with van der Waals surface area (Å²) in [5.41, 5.74) is 1.92. The van der Waals surface area contributed by atoms with E-state index >= 15 is 0 Å². The van der Waals surface area contributed by atoms with Crippen molar-refractivity contribution in [2.45, 2.75) is 29.9 Å². The number of thiazole rings is 1. The summed E-state index contributed by atoms with van der Waals surface area (Å²) < 4.78 is 11.0. The van der Waals surface area contributed by atoms with Gasteiger partial charge in [-0.25, -0.2) is 4.98 Å². The highest BCUT2D eigenvalue weighted by molar-refractivity contribution is 8.00. The van der Waals surface area contributed by atoms with Crippen LogP contribution < -0.4 is 5.32 Å². The SMILES string of the molecule is Cc1cc(NC(=O)CCc2nc(CSc3nc(-c4ccc(Cl)cc4)cs3)no2)no1. The van der Waals surface area contributed by atoms with Crippen LogP contribution in [0.4, 0.5) is 5.82 Å². The van der Waals surface area contributed by atoms with Gasteiger partial charge in [0.15, 0.2) is 16.0 Å². The lowest BCUT2D eigenvalue weighted by Crippen LogP contribution is -2.12. The Kier molecular flexibility index (Phi) is 6.46. The Hall–Kier alpha value is -2.69. The van der Waals surface area contributed by atoms with Crippen LogP contribution in [-0.2, 0) is 17.0 Å². The standard InChI is InChI=1S/C19H16ClN5O3S2/c1-11-8-15(24-27-11)22-17(26)6-7-18-23-16(25-28-18)10-30-19-21-14(9-29-19)12-2-4-13(20)5-3-12/h2-5,8-9H,6-7,10H2,1H3,(H,22,24,26). The molecule has 8 nitrogen and oxygen atoms in total. The molecule has 154 valence electrons. The monoisotopic (exact) mass is 461 g/mol. The Morgan fingerprint density at radius 1 is 1.20 bits per heavy atom. The van der Waals surface area contributed by atoms with Crippen molar-refractivity contribution in [2.75, 3.05) is 5.32 Å². The third kappa shape index (κ3) is 5.47. The fraction of sp³-hybridized carbons (Fsp3) is 0.211. The van der Waals surface area contributed by atoms with E-state index in [0.29, 0.717) is 40.5 Å². The molecule has 0 aliphatic carbocycles. The van der Waals surface area contributed by atoms with Crippen LogP contribution in [0.1, 0.15) is 23.9 Å². The summed E-state index contributed by atoms with van der Waals surface area (Å²) in [4.78, 5) is 20.9. The summed E-state index contributed by atoms with van der Waals surface area (Å²) in [6.07, 6.45) is 0.552. The van der Waals surface area contributed by atoms with Crippen LogP contribution in [-0.4, -0.2) is 26.2 Å². The first-order valence-corrected chi connectivity index (χ1v) is 11.2. The van der Waals surface area contributed by atoms with Crippen LogP contribution in [0.5, 0.6) is 0 Å². The molecule has 0 saturated heterocycles. The molecule has 1 aromatic carbocycles. The highest BCUT2D eigenvalue weighted by Crippen LogP contribution is 2.30. The van der Waals surface area contributed by atoms with Crippen LogP contribution in [0.15, 0.2) is 49.1 Å². The average Bonchev–Trinajstić information content (AvgIpc) is 3.47. The van der Waals surface area contributed by atoms with Gasteiger partial charge in [-0.05, 0) is 19.1 Å². The van der Waals surface area contributed by atoms with Gasteiger partial charge in [-0.2, -0.15) is 4.98 Å². The summed E-state index contributed by atoms with van der Waals surface area (Å²) in [7, 11) is 0. The topological polar surface area (TPSA) is 107 Å². The highest BCUT2D eigenvalue weighted by Gasteiger charge is 2.12. The number of carbonyl (C=O) groups is 1. The van der Waals surface area contributed by atoms with Gasteiger partial charge < -0.3 is 14.4 Å². The number of nitrogens with one attached hydrogen (secondary N) is 1. The molecule has 1 N–H and O–H groups in total. The van der Waals surface area contributed by atoms with Gasteiger partial charge in [0.05, 0.1) is 11.4 Å². The zero-order valence-electron chi connectivity index (χ0n) is 15.8. The number of thioether (sulfide) groups is 1. The normalized spacial score (nSPS) is 11.0. The second kappa shape index (κ2) is 9.41. The number of benzene rings is 1. The Morgan fingerprint density at radius 2 is 2.03 bits per heavy atom. The Morgan fingerprint density at radius 3 is 2.80 bits per heavy atom. The first-order chi connectivity index (χ1) is 14.5. The summed E-state index contributed by atoms with van der Waals surface area (Å²) in [6.45, 7) is 1.75. The summed E-state index contributed by atoms with van der Waals surface area (Å²) >= 11 is 9.02. The molecule has 0 unspecified atom stereocenters. The second-order valence-corrected chi connectivity index (χ2v) is 8.79. The molecule has 0 aliphatic rings. The number of aryl methyl sites for hydroxylation is 2. The molecule has 0 atom stereocenters. The third-order valence-corrected chi connectivity index (χ3v) is 6.19. The molecule has 0 aliphatic heterocycles. The van der Waals surface area contributed by atoms with E-state index in [1.54, 1.807) is 24.3 Å².